The number of anilines is 1. The van der Waals surface area contributed by atoms with Gasteiger partial charge in [0.05, 0.1) is 18.6 Å². The Morgan fingerprint density at radius 2 is 2.47 bits per heavy atom. The second-order valence-corrected chi connectivity index (χ2v) is 5.85. The van der Waals surface area contributed by atoms with Crippen molar-refractivity contribution in [3.63, 3.8) is 0 Å². The lowest BCUT2D eigenvalue weighted by Crippen LogP contribution is -2.39. The molecule has 4 heterocycles. The molecule has 1 spiro atoms. The Hall–Kier alpha value is -1.73. The Morgan fingerprint density at radius 1 is 1.63 bits per heavy atom. The molecule has 0 aromatic carbocycles. The highest BCUT2D eigenvalue weighted by molar-refractivity contribution is 7.13. The van der Waals surface area contributed by atoms with Crippen LogP contribution in [0.2, 0.25) is 0 Å². The number of aliphatic carboxylic acids is 1. The van der Waals surface area contributed by atoms with Gasteiger partial charge in [0, 0.05) is 11.6 Å². The molecular formula is C12H10N2O4S. The number of ether oxygens (including phenoxy) is 1. The predicted molar refractivity (Wildman–Crippen MR) is 65.8 cm³/mol. The molecule has 1 aromatic heterocycles. The first-order valence-corrected chi connectivity index (χ1v) is 6.81. The van der Waals surface area contributed by atoms with Gasteiger partial charge in [-0.25, -0.2) is 4.98 Å². The van der Waals surface area contributed by atoms with Crippen LogP contribution in [0.15, 0.2) is 23.7 Å². The Bertz CT molecular complexity index is 599. The number of carboxylic acid groups (broad SMARTS) is 1. The fourth-order valence-corrected chi connectivity index (χ4v) is 3.94. The standard InChI is InChI=1S/C12H10N2O4S/c15-9-8-7(10(16)17)6-1-2-12(8,18-6)5-14(9)11-13-3-4-19-11/h1-4,6-8H,5H2,(H,16,17)/t6-,7-,8+,12+/m1/s1. The van der Waals surface area contributed by atoms with Crippen molar-refractivity contribution in [1.29, 1.82) is 0 Å². The largest absolute Gasteiger partial charge is 0.481 e. The molecule has 0 radical (unpaired) electrons. The van der Waals surface area contributed by atoms with Crippen LogP contribution in [0.1, 0.15) is 0 Å². The summed E-state index contributed by atoms with van der Waals surface area (Å²) >= 11 is 1.36. The molecule has 0 unspecified atom stereocenters. The summed E-state index contributed by atoms with van der Waals surface area (Å²) in [7, 11) is 0. The summed E-state index contributed by atoms with van der Waals surface area (Å²) in [5.74, 6) is -2.60. The predicted octanol–water partition coefficient (Wildman–Crippen LogP) is 0.514. The van der Waals surface area contributed by atoms with E-state index in [0.29, 0.717) is 11.7 Å². The van der Waals surface area contributed by atoms with Crippen LogP contribution in [-0.4, -0.2) is 40.2 Å². The number of hydrogen-bond acceptors (Lipinski definition) is 5. The Kier molecular flexibility index (Phi) is 2.01. The van der Waals surface area contributed by atoms with Crippen LogP contribution in [0.5, 0.6) is 0 Å². The monoisotopic (exact) mass is 278 g/mol. The van der Waals surface area contributed by atoms with Crippen LogP contribution in [-0.2, 0) is 14.3 Å². The molecule has 4 rings (SSSR count). The summed E-state index contributed by atoms with van der Waals surface area (Å²) in [5, 5.41) is 11.7. The molecule has 2 bridgehead atoms. The Balaban J connectivity index is 1.77. The van der Waals surface area contributed by atoms with Crippen molar-refractivity contribution in [2.75, 3.05) is 11.4 Å². The highest BCUT2D eigenvalue weighted by atomic mass is 32.1. The lowest BCUT2D eigenvalue weighted by Gasteiger charge is -2.21. The zero-order valence-electron chi connectivity index (χ0n) is 9.72. The van der Waals surface area contributed by atoms with Gasteiger partial charge in [-0.2, -0.15) is 0 Å². The molecular weight excluding hydrogens is 268 g/mol. The number of rotatable bonds is 2. The van der Waals surface area contributed by atoms with E-state index in [4.69, 9.17) is 4.74 Å². The minimum absolute atomic E-state index is 0.200. The third kappa shape index (κ3) is 1.26. The van der Waals surface area contributed by atoms with Crippen LogP contribution < -0.4 is 4.90 Å². The van der Waals surface area contributed by atoms with E-state index in [2.05, 4.69) is 4.98 Å². The van der Waals surface area contributed by atoms with E-state index in [-0.39, 0.29) is 5.91 Å². The van der Waals surface area contributed by atoms with E-state index < -0.39 is 29.5 Å². The lowest BCUT2D eigenvalue weighted by atomic mass is 9.77. The van der Waals surface area contributed by atoms with E-state index in [1.807, 2.05) is 6.08 Å². The molecule has 2 fully saturated rings. The van der Waals surface area contributed by atoms with Crippen molar-refractivity contribution >= 4 is 28.3 Å². The average molecular weight is 278 g/mol. The van der Waals surface area contributed by atoms with Gasteiger partial charge in [-0.05, 0) is 0 Å². The number of thiazole rings is 1. The lowest BCUT2D eigenvalue weighted by molar-refractivity contribution is -0.146. The van der Waals surface area contributed by atoms with E-state index >= 15 is 0 Å². The number of fused-ring (bicyclic) bond motifs is 1. The molecule has 3 aliphatic rings. The molecule has 4 atom stereocenters. The minimum atomic E-state index is -0.976. The molecule has 98 valence electrons. The molecule has 0 aliphatic carbocycles. The molecule has 1 amide bonds. The topological polar surface area (TPSA) is 79.7 Å². The summed E-state index contributed by atoms with van der Waals surface area (Å²) in [5.41, 5.74) is -0.781. The summed E-state index contributed by atoms with van der Waals surface area (Å²) in [6.07, 6.45) is 4.74. The fourth-order valence-electron chi connectivity index (χ4n) is 3.29. The first kappa shape index (κ1) is 11.1. The van der Waals surface area contributed by atoms with Crippen molar-refractivity contribution in [2.24, 2.45) is 11.8 Å². The molecule has 7 heteroatoms. The van der Waals surface area contributed by atoms with Crippen molar-refractivity contribution in [3.8, 4) is 0 Å². The summed E-state index contributed by atoms with van der Waals surface area (Å²) in [4.78, 5) is 29.5. The van der Waals surface area contributed by atoms with Crippen LogP contribution in [0.3, 0.4) is 0 Å². The van der Waals surface area contributed by atoms with Gasteiger partial charge in [0.25, 0.3) is 0 Å². The number of carboxylic acids is 1. The average Bonchev–Trinajstić information content (AvgIpc) is 3.09. The van der Waals surface area contributed by atoms with Crippen molar-refractivity contribution in [2.45, 2.75) is 11.7 Å². The maximum Gasteiger partial charge on any atom is 0.310 e. The Morgan fingerprint density at radius 3 is 3.16 bits per heavy atom. The van der Waals surface area contributed by atoms with Gasteiger partial charge < -0.3 is 9.84 Å². The van der Waals surface area contributed by atoms with Crippen molar-refractivity contribution < 1.29 is 19.4 Å². The maximum atomic E-state index is 12.5. The van der Waals surface area contributed by atoms with Gasteiger partial charge in [-0.15, -0.1) is 11.3 Å². The number of amides is 1. The van der Waals surface area contributed by atoms with Gasteiger partial charge >= 0.3 is 5.97 Å². The van der Waals surface area contributed by atoms with E-state index in [0.717, 1.165) is 0 Å². The number of hydrogen-bond donors (Lipinski definition) is 1. The van der Waals surface area contributed by atoms with Gasteiger partial charge in [-0.1, -0.05) is 12.2 Å². The molecule has 0 saturated carbocycles. The highest BCUT2D eigenvalue weighted by Gasteiger charge is 2.67. The second kappa shape index (κ2) is 3.43. The van der Waals surface area contributed by atoms with E-state index in [1.54, 1.807) is 17.7 Å². The number of aromatic nitrogens is 1. The van der Waals surface area contributed by atoms with Crippen LogP contribution in [0.25, 0.3) is 0 Å². The SMILES string of the molecule is O=C(O)[C@H]1[C@H]2C(=O)N(c3nccs3)C[C@@]23C=C[C@H]1O3. The zero-order valence-corrected chi connectivity index (χ0v) is 10.5. The molecule has 2 saturated heterocycles. The van der Waals surface area contributed by atoms with Gasteiger partial charge in [0.2, 0.25) is 5.91 Å². The normalized spacial score (nSPS) is 39.1. The molecule has 1 aromatic rings. The number of carbonyl (C=O) groups is 2. The molecule has 6 nitrogen and oxygen atoms in total. The quantitative estimate of drug-likeness (QED) is 0.797. The Labute approximate surface area is 112 Å². The summed E-state index contributed by atoms with van der Waals surface area (Å²) in [6.45, 7) is 0.348. The third-order valence-electron chi connectivity index (χ3n) is 4.04. The number of carbonyl (C=O) groups excluding carboxylic acids is 1. The maximum absolute atomic E-state index is 12.5. The van der Waals surface area contributed by atoms with Crippen LogP contribution >= 0.6 is 11.3 Å². The van der Waals surface area contributed by atoms with Crippen molar-refractivity contribution in [3.05, 3.63) is 23.7 Å². The minimum Gasteiger partial charge on any atom is -0.481 e. The summed E-state index contributed by atoms with van der Waals surface area (Å²) in [6, 6.07) is 0. The first-order chi connectivity index (χ1) is 9.12. The third-order valence-corrected chi connectivity index (χ3v) is 4.83. The van der Waals surface area contributed by atoms with Crippen LogP contribution in [0.4, 0.5) is 5.13 Å². The van der Waals surface area contributed by atoms with E-state index in [9.17, 15) is 14.7 Å². The molecule has 19 heavy (non-hydrogen) atoms. The van der Waals surface area contributed by atoms with Gasteiger partial charge in [-0.3, -0.25) is 14.5 Å². The zero-order chi connectivity index (χ0) is 13.2. The second-order valence-electron chi connectivity index (χ2n) is 4.98. The van der Waals surface area contributed by atoms with Crippen molar-refractivity contribution in [1.82, 2.24) is 4.98 Å². The first-order valence-electron chi connectivity index (χ1n) is 5.93. The van der Waals surface area contributed by atoms with Crippen LogP contribution in [0, 0.1) is 11.8 Å². The number of nitrogens with zero attached hydrogens (tertiary/aromatic N) is 2. The van der Waals surface area contributed by atoms with E-state index in [1.165, 1.54) is 16.2 Å². The molecule has 3 aliphatic heterocycles. The molecule has 1 N–H and O–H groups in total. The van der Waals surface area contributed by atoms with Gasteiger partial charge in [0.1, 0.15) is 11.5 Å². The fraction of sp³-hybridized carbons (Fsp3) is 0.417. The summed E-state index contributed by atoms with van der Waals surface area (Å²) < 4.78 is 5.78. The van der Waals surface area contributed by atoms with Gasteiger partial charge in [0.15, 0.2) is 5.13 Å². The highest BCUT2D eigenvalue weighted by Crippen LogP contribution is 2.52. The smallest absolute Gasteiger partial charge is 0.310 e.